The van der Waals surface area contributed by atoms with E-state index in [0.29, 0.717) is 6.42 Å². The fraction of sp³-hybridized carbons (Fsp3) is 0.333. The van der Waals surface area contributed by atoms with Crippen molar-refractivity contribution in [1.29, 1.82) is 0 Å². The topological polar surface area (TPSA) is 68.0 Å². The third-order valence-electron chi connectivity index (χ3n) is 3.02. The van der Waals surface area contributed by atoms with Gasteiger partial charge in [0.1, 0.15) is 0 Å². The maximum absolute atomic E-state index is 10.6. The summed E-state index contributed by atoms with van der Waals surface area (Å²) in [4.78, 5) is 14.9. The number of rotatable bonds is 7. The summed E-state index contributed by atoms with van der Waals surface area (Å²) in [7, 11) is 0. The second-order valence-corrected chi connectivity index (χ2v) is 4.63. The normalized spacial score (nSPS) is 10.7. The monoisotopic (exact) mass is 257 g/mol. The average molecular weight is 257 g/mol. The van der Waals surface area contributed by atoms with Crippen molar-refractivity contribution in [1.82, 2.24) is 10.3 Å². The van der Waals surface area contributed by atoms with Crippen molar-refractivity contribution < 1.29 is 4.79 Å². The van der Waals surface area contributed by atoms with E-state index < -0.39 is 0 Å². The van der Waals surface area contributed by atoms with Gasteiger partial charge in [0, 0.05) is 24.5 Å². The molecular weight excluding hydrogens is 238 g/mol. The lowest BCUT2D eigenvalue weighted by Crippen LogP contribution is -2.16. The van der Waals surface area contributed by atoms with Crippen LogP contribution in [0.1, 0.15) is 24.8 Å². The van der Waals surface area contributed by atoms with Crippen LogP contribution in [-0.4, -0.2) is 17.4 Å². The molecule has 0 radical (unpaired) electrons. The van der Waals surface area contributed by atoms with E-state index in [1.165, 1.54) is 5.56 Å². The molecule has 4 heteroatoms. The number of nitrogens with two attached hydrogens (primary N) is 1. The number of carbonyl (C=O) groups excluding carboxylic acids is 1. The number of fused-ring (bicyclic) bond motifs is 1. The Balaban J connectivity index is 1.77. The summed E-state index contributed by atoms with van der Waals surface area (Å²) in [6.45, 7) is 1.74. The first-order valence-electron chi connectivity index (χ1n) is 6.58. The molecule has 0 aliphatic carbocycles. The van der Waals surface area contributed by atoms with E-state index in [2.05, 4.69) is 28.5 Å². The molecule has 2 aromatic rings. The Labute approximate surface area is 113 Å². The van der Waals surface area contributed by atoms with E-state index >= 15 is 0 Å². The van der Waals surface area contributed by atoms with Crippen molar-refractivity contribution in [3.05, 3.63) is 42.1 Å². The zero-order chi connectivity index (χ0) is 13.5. The SMILES string of the molecule is NC(=O)CCCCNCc1ccc2ncccc2c1. The number of carbonyl (C=O) groups is 1. The van der Waals surface area contributed by atoms with Crippen LogP contribution in [-0.2, 0) is 11.3 Å². The van der Waals surface area contributed by atoms with E-state index in [-0.39, 0.29) is 5.91 Å². The molecule has 0 saturated heterocycles. The van der Waals surface area contributed by atoms with E-state index in [9.17, 15) is 4.79 Å². The van der Waals surface area contributed by atoms with E-state index in [1.54, 1.807) is 6.20 Å². The van der Waals surface area contributed by atoms with Gasteiger partial charge in [-0.2, -0.15) is 0 Å². The lowest BCUT2D eigenvalue weighted by Gasteiger charge is -2.05. The quantitative estimate of drug-likeness (QED) is 0.745. The second kappa shape index (κ2) is 6.85. The van der Waals surface area contributed by atoms with Crippen LogP contribution in [0.15, 0.2) is 36.5 Å². The lowest BCUT2D eigenvalue weighted by molar-refractivity contribution is -0.118. The molecule has 1 aromatic heterocycles. The minimum absolute atomic E-state index is 0.220. The Kier molecular flexibility index (Phi) is 4.86. The molecule has 100 valence electrons. The van der Waals surface area contributed by atoms with Crippen LogP contribution < -0.4 is 11.1 Å². The van der Waals surface area contributed by atoms with Crippen LogP contribution in [0.4, 0.5) is 0 Å². The fourth-order valence-electron chi connectivity index (χ4n) is 2.02. The van der Waals surface area contributed by atoms with E-state index in [1.807, 2.05) is 12.1 Å². The molecule has 2 rings (SSSR count). The molecule has 4 nitrogen and oxygen atoms in total. The van der Waals surface area contributed by atoms with Gasteiger partial charge in [0.2, 0.25) is 5.91 Å². The molecular formula is C15H19N3O. The number of nitrogens with one attached hydrogen (secondary N) is 1. The van der Waals surface area contributed by atoms with Crippen LogP contribution in [0.25, 0.3) is 10.9 Å². The predicted molar refractivity (Wildman–Crippen MR) is 76.5 cm³/mol. The zero-order valence-corrected chi connectivity index (χ0v) is 10.9. The summed E-state index contributed by atoms with van der Waals surface area (Å²) >= 11 is 0. The molecule has 19 heavy (non-hydrogen) atoms. The molecule has 1 heterocycles. The van der Waals surface area contributed by atoms with Gasteiger partial charge in [-0.3, -0.25) is 9.78 Å². The molecule has 0 spiro atoms. The van der Waals surface area contributed by atoms with Gasteiger partial charge in [-0.05, 0) is 43.1 Å². The highest BCUT2D eigenvalue weighted by Gasteiger charge is 1.98. The first-order chi connectivity index (χ1) is 9.25. The highest BCUT2D eigenvalue weighted by molar-refractivity contribution is 5.78. The molecule has 1 aromatic carbocycles. The number of pyridine rings is 1. The van der Waals surface area contributed by atoms with Gasteiger partial charge in [-0.25, -0.2) is 0 Å². The third kappa shape index (κ3) is 4.34. The number of hydrogen-bond donors (Lipinski definition) is 2. The first-order valence-corrected chi connectivity index (χ1v) is 6.58. The van der Waals surface area contributed by atoms with Crippen LogP contribution >= 0.6 is 0 Å². The summed E-state index contributed by atoms with van der Waals surface area (Å²) in [5.41, 5.74) is 7.35. The van der Waals surface area contributed by atoms with Gasteiger partial charge in [0.15, 0.2) is 0 Å². The molecule has 0 aliphatic heterocycles. The summed E-state index contributed by atoms with van der Waals surface area (Å²) in [6.07, 6.45) is 4.10. The van der Waals surface area contributed by atoms with Gasteiger partial charge in [-0.15, -0.1) is 0 Å². The van der Waals surface area contributed by atoms with Crippen molar-refractivity contribution in [2.45, 2.75) is 25.8 Å². The number of nitrogens with zero attached hydrogens (tertiary/aromatic N) is 1. The number of primary amides is 1. The predicted octanol–water partition coefficient (Wildman–Crippen LogP) is 1.98. The molecule has 0 unspecified atom stereocenters. The van der Waals surface area contributed by atoms with E-state index in [4.69, 9.17) is 5.73 Å². The van der Waals surface area contributed by atoms with Crippen LogP contribution in [0.5, 0.6) is 0 Å². The minimum atomic E-state index is -0.220. The maximum Gasteiger partial charge on any atom is 0.217 e. The number of unbranched alkanes of at least 4 members (excludes halogenated alkanes) is 1. The van der Waals surface area contributed by atoms with Crippen molar-refractivity contribution in [3.8, 4) is 0 Å². The maximum atomic E-state index is 10.6. The largest absolute Gasteiger partial charge is 0.370 e. The van der Waals surface area contributed by atoms with Crippen LogP contribution in [0, 0.1) is 0 Å². The molecule has 0 atom stereocenters. The summed E-state index contributed by atoms with van der Waals surface area (Å²) in [5.74, 6) is -0.220. The molecule has 0 saturated carbocycles. The summed E-state index contributed by atoms with van der Waals surface area (Å²) in [5, 5.41) is 4.53. The standard InChI is InChI=1S/C15H19N3O/c16-15(19)5-1-2-8-17-11-12-6-7-14-13(10-12)4-3-9-18-14/h3-4,6-7,9-10,17H,1-2,5,8,11H2,(H2,16,19). The average Bonchev–Trinajstić information content (AvgIpc) is 2.42. The Bertz CT molecular complexity index is 554. The van der Waals surface area contributed by atoms with Gasteiger partial charge in [-0.1, -0.05) is 12.1 Å². The highest BCUT2D eigenvalue weighted by Crippen LogP contribution is 2.13. The summed E-state index contributed by atoms with van der Waals surface area (Å²) < 4.78 is 0. The van der Waals surface area contributed by atoms with Crippen molar-refractivity contribution >= 4 is 16.8 Å². The number of amides is 1. The summed E-state index contributed by atoms with van der Waals surface area (Å²) in [6, 6.07) is 10.3. The van der Waals surface area contributed by atoms with Gasteiger partial charge in [0.25, 0.3) is 0 Å². The van der Waals surface area contributed by atoms with Crippen molar-refractivity contribution in [3.63, 3.8) is 0 Å². The highest BCUT2D eigenvalue weighted by atomic mass is 16.1. The number of hydrogen-bond acceptors (Lipinski definition) is 3. The molecule has 0 fully saturated rings. The smallest absolute Gasteiger partial charge is 0.217 e. The number of aromatic nitrogens is 1. The van der Waals surface area contributed by atoms with Gasteiger partial charge in [0.05, 0.1) is 5.52 Å². The Morgan fingerprint density at radius 1 is 1.26 bits per heavy atom. The Morgan fingerprint density at radius 2 is 2.16 bits per heavy atom. The fourth-order valence-corrected chi connectivity index (χ4v) is 2.02. The first kappa shape index (κ1) is 13.5. The lowest BCUT2D eigenvalue weighted by atomic mass is 10.1. The van der Waals surface area contributed by atoms with Crippen LogP contribution in [0.3, 0.4) is 0 Å². The van der Waals surface area contributed by atoms with Gasteiger partial charge >= 0.3 is 0 Å². The number of benzene rings is 1. The zero-order valence-electron chi connectivity index (χ0n) is 10.9. The second-order valence-electron chi connectivity index (χ2n) is 4.63. The minimum Gasteiger partial charge on any atom is -0.370 e. The van der Waals surface area contributed by atoms with Crippen LogP contribution in [0.2, 0.25) is 0 Å². The Morgan fingerprint density at radius 3 is 3.00 bits per heavy atom. The van der Waals surface area contributed by atoms with E-state index in [0.717, 1.165) is 36.8 Å². The van der Waals surface area contributed by atoms with Crippen molar-refractivity contribution in [2.75, 3.05) is 6.54 Å². The third-order valence-corrected chi connectivity index (χ3v) is 3.02. The molecule has 3 N–H and O–H groups in total. The molecule has 1 amide bonds. The van der Waals surface area contributed by atoms with Crippen molar-refractivity contribution in [2.24, 2.45) is 5.73 Å². The molecule has 0 bridgehead atoms. The van der Waals surface area contributed by atoms with Gasteiger partial charge < -0.3 is 11.1 Å². The Hall–Kier alpha value is -1.94. The molecule has 0 aliphatic rings.